The first-order chi connectivity index (χ1) is 11.9. The minimum absolute atomic E-state index is 0.117. The Labute approximate surface area is 148 Å². The van der Waals surface area contributed by atoms with Crippen molar-refractivity contribution < 1.29 is 4.79 Å². The van der Waals surface area contributed by atoms with Gasteiger partial charge in [-0.2, -0.15) is 5.10 Å². The average Bonchev–Trinajstić information content (AvgIpc) is 3.32. The first-order valence-electron chi connectivity index (χ1n) is 9.32. The van der Waals surface area contributed by atoms with Gasteiger partial charge in [-0.25, -0.2) is 9.50 Å². The Kier molecular flexibility index (Phi) is 3.93. The number of anilines is 1. The van der Waals surface area contributed by atoms with E-state index in [9.17, 15) is 4.79 Å². The Hall–Kier alpha value is -2.11. The summed E-state index contributed by atoms with van der Waals surface area (Å²) < 4.78 is 1.95. The van der Waals surface area contributed by atoms with Crippen molar-refractivity contribution >= 4 is 17.2 Å². The predicted molar refractivity (Wildman–Crippen MR) is 97.8 cm³/mol. The van der Waals surface area contributed by atoms with Gasteiger partial charge >= 0.3 is 0 Å². The number of nitrogens with one attached hydrogen (secondary N) is 1. The minimum atomic E-state index is -0.356. The molecule has 25 heavy (non-hydrogen) atoms. The molecule has 6 heteroatoms. The molecule has 2 aromatic heterocycles. The van der Waals surface area contributed by atoms with E-state index in [0.29, 0.717) is 5.92 Å². The molecular formula is C19H27N5O. The Morgan fingerprint density at radius 1 is 1.28 bits per heavy atom. The fourth-order valence-corrected chi connectivity index (χ4v) is 3.44. The number of hydrogen-bond donors (Lipinski definition) is 1. The summed E-state index contributed by atoms with van der Waals surface area (Å²) in [6, 6.07) is 2.37. The van der Waals surface area contributed by atoms with Crippen LogP contribution >= 0.6 is 0 Å². The van der Waals surface area contributed by atoms with E-state index in [2.05, 4.69) is 21.3 Å². The number of hydrogen-bond acceptors (Lipinski definition) is 4. The van der Waals surface area contributed by atoms with Crippen molar-refractivity contribution in [1.29, 1.82) is 0 Å². The van der Waals surface area contributed by atoms with Crippen LogP contribution in [0.3, 0.4) is 0 Å². The summed E-state index contributed by atoms with van der Waals surface area (Å²) in [5.41, 5.74) is 1.90. The summed E-state index contributed by atoms with van der Waals surface area (Å²) in [6.45, 7) is 7.64. The van der Waals surface area contributed by atoms with Gasteiger partial charge in [-0.3, -0.25) is 4.79 Å². The molecule has 1 aliphatic carbocycles. The van der Waals surface area contributed by atoms with Gasteiger partial charge in [0.05, 0.1) is 5.69 Å². The molecule has 4 rings (SSSR count). The van der Waals surface area contributed by atoms with Crippen LogP contribution in [0.4, 0.5) is 5.82 Å². The lowest BCUT2D eigenvalue weighted by Gasteiger charge is -2.35. The van der Waals surface area contributed by atoms with Crippen LogP contribution in [0.1, 0.15) is 58.1 Å². The topological polar surface area (TPSA) is 62.5 Å². The van der Waals surface area contributed by atoms with E-state index in [-0.39, 0.29) is 17.4 Å². The second kappa shape index (κ2) is 6.00. The van der Waals surface area contributed by atoms with Crippen LogP contribution in [-0.2, 0) is 4.79 Å². The first kappa shape index (κ1) is 16.4. The van der Waals surface area contributed by atoms with Crippen LogP contribution in [0.2, 0.25) is 0 Å². The molecule has 0 bridgehead atoms. The van der Waals surface area contributed by atoms with Gasteiger partial charge in [-0.1, -0.05) is 20.8 Å². The average molecular weight is 341 g/mol. The van der Waals surface area contributed by atoms with E-state index in [1.807, 2.05) is 37.7 Å². The minimum Gasteiger partial charge on any atom is -0.353 e. The summed E-state index contributed by atoms with van der Waals surface area (Å²) in [5.74, 6) is 1.73. The van der Waals surface area contributed by atoms with Crippen LogP contribution in [0.5, 0.6) is 0 Å². The van der Waals surface area contributed by atoms with Gasteiger partial charge in [-0.15, -0.1) is 0 Å². The number of rotatable bonds is 3. The van der Waals surface area contributed by atoms with Crippen LogP contribution in [0, 0.1) is 5.41 Å². The van der Waals surface area contributed by atoms with Gasteiger partial charge in [0.1, 0.15) is 5.52 Å². The van der Waals surface area contributed by atoms with E-state index in [4.69, 9.17) is 5.10 Å². The molecule has 1 amide bonds. The van der Waals surface area contributed by atoms with E-state index >= 15 is 0 Å². The molecule has 134 valence electrons. The quantitative estimate of drug-likeness (QED) is 0.932. The number of carbonyl (C=O) groups excluding carboxylic acids is 1. The molecule has 1 unspecified atom stereocenters. The Balaban J connectivity index is 1.55. The largest absolute Gasteiger partial charge is 0.353 e. The summed E-state index contributed by atoms with van der Waals surface area (Å²) in [7, 11) is 0. The second-order valence-corrected chi connectivity index (χ2v) is 8.43. The maximum Gasteiger partial charge on any atom is 0.225 e. The van der Waals surface area contributed by atoms with Crippen LogP contribution in [0.25, 0.3) is 5.52 Å². The molecule has 3 heterocycles. The van der Waals surface area contributed by atoms with Crippen molar-refractivity contribution in [3.05, 3.63) is 24.2 Å². The lowest BCUT2D eigenvalue weighted by Crippen LogP contribution is -2.50. The van der Waals surface area contributed by atoms with Gasteiger partial charge in [-0.05, 0) is 31.7 Å². The van der Waals surface area contributed by atoms with E-state index in [1.165, 1.54) is 18.5 Å². The normalized spacial score (nSPS) is 21.6. The maximum absolute atomic E-state index is 12.3. The molecule has 2 fully saturated rings. The molecule has 6 nitrogen and oxygen atoms in total. The van der Waals surface area contributed by atoms with Crippen molar-refractivity contribution in [2.75, 3.05) is 18.0 Å². The third kappa shape index (κ3) is 3.34. The smallest absolute Gasteiger partial charge is 0.225 e. The molecule has 0 radical (unpaired) electrons. The van der Waals surface area contributed by atoms with Crippen LogP contribution < -0.4 is 10.2 Å². The number of piperidine rings is 1. The Morgan fingerprint density at radius 3 is 2.80 bits per heavy atom. The second-order valence-electron chi connectivity index (χ2n) is 8.43. The number of carbonyl (C=O) groups is 1. The Morgan fingerprint density at radius 2 is 2.08 bits per heavy atom. The predicted octanol–water partition coefficient (Wildman–Crippen LogP) is 2.74. The molecule has 1 N–H and O–H groups in total. The van der Waals surface area contributed by atoms with Crippen LogP contribution in [0.15, 0.2) is 18.5 Å². The fraction of sp³-hybridized carbons (Fsp3) is 0.632. The highest BCUT2D eigenvalue weighted by atomic mass is 16.2. The standard InChI is InChI=1S/C19H27N5O/c1-19(2,3)18(25)21-14-5-4-9-23(12-14)17-16-11-15(13-6-7-13)22-24(16)10-8-20-17/h8,10-11,13-14H,4-7,9,12H2,1-3H3,(H,21,25). The number of aromatic nitrogens is 3. The summed E-state index contributed by atoms with van der Waals surface area (Å²) in [6.07, 6.45) is 8.32. The highest BCUT2D eigenvalue weighted by molar-refractivity contribution is 5.81. The summed E-state index contributed by atoms with van der Waals surface area (Å²) in [4.78, 5) is 19.2. The molecule has 0 aromatic carbocycles. The van der Waals surface area contributed by atoms with Gasteiger partial charge in [0.25, 0.3) is 0 Å². The zero-order chi connectivity index (χ0) is 17.6. The van der Waals surface area contributed by atoms with Crippen molar-refractivity contribution in [3.8, 4) is 0 Å². The SMILES string of the molecule is CC(C)(C)C(=O)NC1CCCN(c2nccn3nc(C4CC4)cc23)C1. The highest BCUT2D eigenvalue weighted by Crippen LogP contribution is 2.40. The van der Waals surface area contributed by atoms with Gasteiger partial charge < -0.3 is 10.2 Å². The van der Waals surface area contributed by atoms with E-state index < -0.39 is 0 Å². The van der Waals surface area contributed by atoms with Gasteiger partial charge in [0, 0.05) is 42.9 Å². The molecule has 1 saturated heterocycles. The monoisotopic (exact) mass is 341 g/mol. The first-order valence-corrected chi connectivity index (χ1v) is 9.32. The molecule has 0 spiro atoms. The summed E-state index contributed by atoms with van der Waals surface area (Å²) >= 11 is 0. The molecular weight excluding hydrogens is 314 g/mol. The van der Waals surface area contributed by atoms with Crippen molar-refractivity contribution in [3.63, 3.8) is 0 Å². The molecule has 1 saturated carbocycles. The Bertz CT molecular complexity index is 787. The highest BCUT2D eigenvalue weighted by Gasteiger charge is 2.30. The lowest BCUT2D eigenvalue weighted by molar-refractivity contribution is -0.129. The van der Waals surface area contributed by atoms with Crippen molar-refractivity contribution in [2.24, 2.45) is 5.41 Å². The molecule has 2 aliphatic rings. The third-order valence-corrected chi connectivity index (χ3v) is 5.12. The maximum atomic E-state index is 12.3. The van der Waals surface area contributed by atoms with Crippen molar-refractivity contribution in [2.45, 2.75) is 58.4 Å². The summed E-state index contributed by atoms with van der Waals surface area (Å²) in [5, 5.41) is 7.92. The number of fused-ring (bicyclic) bond motifs is 1. The molecule has 1 atom stereocenters. The fourth-order valence-electron chi connectivity index (χ4n) is 3.44. The third-order valence-electron chi connectivity index (χ3n) is 5.12. The van der Waals surface area contributed by atoms with Crippen molar-refractivity contribution in [1.82, 2.24) is 19.9 Å². The van der Waals surface area contributed by atoms with E-state index in [0.717, 1.165) is 37.3 Å². The number of nitrogens with zero attached hydrogens (tertiary/aromatic N) is 4. The van der Waals surface area contributed by atoms with E-state index in [1.54, 1.807) is 0 Å². The van der Waals surface area contributed by atoms with Gasteiger partial charge in [0.2, 0.25) is 5.91 Å². The van der Waals surface area contributed by atoms with Crippen LogP contribution in [-0.4, -0.2) is 39.6 Å². The lowest BCUT2D eigenvalue weighted by atomic mass is 9.94. The molecule has 2 aromatic rings. The zero-order valence-corrected chi connectivity index (χ0v) is 15.3. The number of amides is 1. The van der Waals surface area contributed by atoms with Gasteiger partial charge in [0.15, 0.2) is 5.82 Å². The molecule has 1 aliphatic heterocycles. The zero-order valence-electron chi connectivity index (χ0n) is 15.3.